The molecule has 1 atom stereocenters. The summed E-state index contributed by atoms with van der Waals surface area (Å²) in [7, 11) is 1.56. The third kappa shape index (κ3) is 5.89. The van der Waals surface area contributed by atoms with Crippen LogP contribution in [-0.4, -0.2) is 59.9 Å². The smallest absolute Gasteiger partial charge is 0.295 e. The average molecular weight is 515 g/mol. The van der Waals surface area contributed by atoms with Gasteiger partial charge in [-0.05, 0) is 80.1 Å². The molecule has 3 aromatic rings. The summed E-state index contributed by atoms with van der Waals surface area (Å²) in [5, 5.41) is 11.3. The maximum atomic E-state index is 13.3. The van der Waals surface area contributed by atoms with Crippen molar-refractivity contribution in [3.8, 4) is 17.2 Å². The quantitative estimate of drug-likeness (QED) is 0.203. The first-order valence-electron chi connectivity index (χ1n) is 12.9. The van der Waals surface area contributed by atoms with Crippen LogP contribution in [0.5, 0.6) is 17.2 Å². The van der Waals surface area contributed by atoms with Gasteiger partial charge in [0.25, 0.3) is 11.7 Å². The summed E-state index contributed by atoms with van der Waals surface area (Å²) < 4.78 is 11.2. The minimum atomic E-state index is -0.742. The number of hydrogen-bond acceptors (Lipinski definition) is 6. The fourth-order valence-electron chi connectivity index (χ4n) is 4.74. The largest absolute Gasteiger partial charge is 0.507 e. The number of para-hydroxylation sites is 1. The first-order valence-corrected chi connectivity index (χ1v) is 12.9. The molecule has 0 spiro atoms. The van der Waals surface area contributed by atoms with Crippen LogP contribution in [0.3, 0.4) is 0 Å². The molecular formula is C31H34N2O5. The normalized spacial score (nSPS) is 16.7. The summed E-state index contributed by atoms with van der Waals surface area (Å²) >= 11 is 0. The van der Waals surface area contributed by atoms with Gasteiger partial charge in [-0.1, -0.05) is 44.2 Å². The summed E-state index contributed by atoms with van der Waals surface area (Å²) in [5.41, 5.74) is 1.20. The highest BCUT2D eigenvalue weighted by Gasteiger charge is 2.46. The predicted molar refractivity (Wildman–Crippen MR) is 147 cm³/mol. The molecule has 1 amide bonds. The van der Waals surface area contributed by atoms with E-state index < -0.39 is 17.7 Å². The van der Waals surface area contributed by atoms with Gasteiger partial charge in [0.2, 0.25) is 0 Å². The monoisotopic (exact) mass is 514 g/mol. The van der Waals surface area contributed by atoms with Crippen LogP contribution in [0.4, 0.5) is 0 Å². The Morgan fingerprint density at radius 3 is 2.24 bits per heavy atom. The summed E-state index contributed by atoms with van der Waals surface area (Å²) in [5.74, 6) is 0.361. The van der Waals surface area contributed by atoms with E-state index in [0.29, 0.717) is 41.3 Å². The van der Waals surface area contributed by atoms with Crippen molar-refractivity contribution in [3.05, 3.63) is 95.6 Å². The van der Waals surface area contributed by atoms with E-state index in [-0.39, 0.29) is 11.3 Å². The second-order valence-electron chi connectivity index (χ2n) is 9.09. The third-order valence-corrected chi connectivity index (χ3v) is 6.82. The number of aliphatic hydroxyl groups is 1. The van der Waals surface area contributed by atoms with Crippen LogP contribution in [0.15, 0.2) is 84.4 Å². The molecule has 3 aromatic carbocycles. The van der Waals surface area contributed by atoms with Crippen molar-refractivity contribution in [2.45, 2.75) is 26.3 Å². The topological polar surface area (TPSA) is 79.3 Å². The number of benzene rings is 3. The van der Waals surface area contributed by atoms with Gasteiger partial charge in [0, 0.05) is 12.1 Å². The lowest BCUT2D eigenvalue weighted by molar-refractivity contribution is -0.140. The summed E-state index contributed by atoms with van der Waals surface area (Å²) in [4.78, 5) is 30.5. The Morgan fingerprint density at radius 2 is 1.58 bits per heavy atom. The molecule has 0 aliphatic carbocycles. The second kappa shape index (κ2) is 12.4. The zero-order valence-corrected chi connectivity index (χ0v) is 22.1. The van der Waals surface area contributed by atoms with E-state index in [0.717, 1.165) is 19.6 Å². The van der Waals surface area contributed by atoms with Gasteiger partial charge in [0.1, 0.15) is 23.0 Å². The Balaban J connectivity index is 1.73. The molecule has 7 heteroatoms. The standard InChI is InChI=1S/C31H34N2O5/c1-4-32(5-2)19-10-20-33-28(23-11-9-14-26(21-23)38-25-12-7-6-8-13-25)27(30(35)31(33)36)29(34)22-15-17-24(37-3)18-16-22/h6-9,11-18,21,28,34H,4-5,10,19-20H2,1-3H3/t28-/m0/s1. The lowest BCUT2D eigenvalue weighted by Gasteiger charge is -2.27. The van der Waals surface area contributed by atoms with Crippen molar-refractivity contribution < 1.29 is 24.2 Å². The Kier molecular flexibility index (Phi) is 8.81. The molecule has 7 nitrogen and oxygen atoms in total. The van der Waals surface area contributed by atoms with Gasteiger partial charge < -0.3 is 24.4 Å². The fourth-order valence-corrected chi connectivity index (χ4v) is 4.74. The molecule has 1 aliphatic rings. The molecular weight excluding hydrogens is 480 g/mol. The highest BCUT2D eigenvalue weighted by molar-refractivity contribution is 6.46. The van der Waals surface area contributed by atoms with Crippen molar-refractivity contribution in [2.24, 2.45) is 0 Å². The molecule has 0 saturated carbocycles. The van der Waals surface area contributed by atoms with Gasteiger partial charge in [-0.2, -0.15) is 0 Å². The van der Waals surface area contributed by atoms with E-state index in [1.807, 2.05) is 54.6 Å². The lowest BCUT2D eigenvalue weighted by atomic mass is 9.95. The predicted octanol–water partition coefficient (Wildman–Crippen LogP) is 5.64. The summed E-state index contributed by atoms with van der Waals surface area (Å²) in [6, 6.07) is 22.8. The number of ether oxygens (including phenoxy) is 2. The summed E-state index contributed by atoms with van der Waals surface area (Å²) in [6.45, 7) is 7.21. The van der Waals surface area contributed by atoms with Crippen molar-refractivity contribution in [3.63, 3.8) is 0 Å². The zero-order chi connectivity index (χ0) is 27.1. The molecule has 1 heterocycles. The number of carbonyl (C=O) groups excluding carboxylic acids is 2. The van der Waals surface area contributed by atoms with Gasteiger partial charge >= 0.3 is 0 Å². The van der Waals surface area contributed by atoms with Crippen LogP contribution in [0, 0.1) is 0 Å². The van der Waals surface area contributed by atoms with Crippen LogP contribution in [0.2, 0.25) is 0 Å². The number of methoxy groups -OCH3 is 1. The number of amides is 1. The Hall–Kier alpha value is -4.10. The highest BCUT2D eigenvalue weighted by atomic mass is 16.5. The first kappa shape index (κ1) is 26.9. The fraction of sp³-hybridized carbons (Fsp3) is 0.290. The Morgan fingerprint density at radius 1 is 0.895 bits per heavy atom. The van der Waals surface area contributed by atoms with E-state index in [1.54, 1.807) is 36.3 Å². The number of aliphatic hydroxyl groups excluding tert-OH is 1. The van der Waals surface area contributed by atoms with E-state index in [2.05, 4.69) is 18.7 Å². The first-order chi connectivity index (χ1) is 18.5. The van der Waals surface area contributed by atoms with Crippen molar-refractivity contribution >= 4 is 17.4 Å². The van der Waals surface area contributed by atoms with Crippen LogP contribution >= 0.6 is 0 Å². The highest BCUT2D eigenvalue weighted by Crippen LogP contribution is 2.40. The number of carbonyl (C=O) groups is 2. The minimum absolute atomic E-state index is 0.0693. The van der Waals surface area contributed by atoms with E-state index in [1.165, 1.54) is 0 Å². The number of Topliss-reactive ketones (excluding diaryl/α,β-unsaturated/α-hetero) is 1. The van der Waals surface area contributed by atoms with Crippen LogP contribution < -0.4 is 9.47 Å². The number of rotatable bonds is 11. The van der Waals surface area contributed by atoms with Gasteiger partial charge in [-0.15, -0.1) is 0 Å². The Bertz CT molecular complexity index is 1280. The molecule has 198 valence electrons. The number of hydrogen-bond donors (Lipinski definition) is 1. The van der Waals surface area contributed by atoms with Gasteiger partial charge in [-0.25, -0.2) is 0 Å². The molecule has 1 saturated heterocycles. The molecule has 0 radical (unpaired) electrons. The zero-order valence-electron chi connectivity index (χ0n) is 22.1. The van der Waals surface area contributed by atoms with Gasteiger partial charge in [-0.3, -0.25) is 9.59 Å². The van der Waals surface area contributed by atoms with Crippen molar-refractivity contribution in [2.75, 3.05) is 33.3 Å². The number of nitrogens with zero attached hydrogens (tertiary/aromatic N) is 2. The maximum absolute atomic E-state index is 13.3. The van der Waals surface area contributed by atoms with Crippen LogP contribution in [-0.2, 0) is 9.59 Å². The lowest BCUT2D eigenvalue weighted by Crippen LogP contribution is -2.33. The summed E-state index contributed by atoms with van der Waals surface area (Å²) in [6.07, 6.45) is 0.702. The van der Waals surface area contributed by atoms with Gasteiger partial charge in [0.05, 0.1) is 18.7 Å². The molecule has 0 unspecified atom stereocenters. The maximum Gasteiger partial charge on any atom is 0.295 e. The number of likely N-dealkylation sites (tertiary alicyclic amines) is 1. The molecule has 0 bridgehead atoms. The molecule has 1 fully saturated rings. The van der Waals surface area contributed by atoms with E-state index in [9.17, 15) is 14.7 Å². The molecule has 1 aliphatic heterocycles. The molecule has 1 N–H and O–H groups in total. The third-order valence-electron chi connectivity index (χ3n) is 6.82. The molecule has 0 aromatic heterocycles. The minimum Gasteiger partial charge on any atom is -0.507 e. The molecule has 38 heavy (non-hydrogen) atoms. The molecule has 4 rings (SSSR count). The second-order valence-corrected chi connectivity index (χ2v) is 9.09. The van der Waals surface area contributed by atoms with Crippen molar-refractivity contribution in [1.82, 2.24) is 9.80 Å². The van der Waals surface area contributed by atoms with Crippen molar-refractivity contribution in [1.29, 1.82) is 0 Å². The number of ketones is 1. The SMILES string of the molecule is CCN(CC)CCCN1C(=O)C(=O)C(=C(O)c2ccc(OC)cc2)[C@@H]1c1cccc(Oc2ccccc2)c1. The van der Waals surface area contributed by atoms with E-state index >= 15 is 0 Å². The van der Waals surface area contributed by atoms with Crippen LogP contribution in [0.25, 0.3) is 5.76 Å². The Labute approximate surface area is 223 Å². The van der Waals surface area contributed by atoms with Gasteiger partial charge in [0.15, 0.2) is 0 Å². The average Bonchev–Trinajstić information content (AvgIpc) is 3.21. The van der Waals surface area contributed by atoms with Crippen LogP contribution in [0.1, 0.15) is 37.4 Å². The van der Waals surface area contributed by atoms with E-state index in [4.69, 9.17) is 9.47 Å².